The van der Waals surface area contributed by atoms with Crippen LogP contribution in [0.25, 0.3) is 0 Å². The lowest BCUT2D eigenvalue weighted by Gasteiger charge is -2.16. The van der Waals surface area contributed by atoms with Crippen LogP contribution in [0.1, 0.15) is 36.0 Å². The molecule has 1 aliphatic heterocycles. The van der Waals surface area contributed by atoms with E-state index in [1.54, 1.807) is 12.1 Å². The molecule has 3 rings (SSSR count). The minimum atomic E-state index is -3.43. The third-order valence-electron chi connectivity index (χ3n) is 4.55. The molecule has 2 aliphatic rings. The fourth-order valence-corrected chi connectivity index (χ4v) is 4.38. The molecule has 0 bridgehead atoms. The summed E-state index contributed by atoms with van der Waals surface area (Å²) >= 11 is 0. The lowest BCUT2D eigenvalue weighted by Crippen LogP contribution is -2.38. The molecule has 0 spiro atoms. The average Bonchev–Trinajstić information content (AvgIpc) is 3.26. The second kappa shape index (κ2) is 7.82. The first kappa shape index (κ1) is 19.2. The van der Waals surface area contributed by atoms with Gasteiger partial charge in [-0.05, 0) is 55.9 Å². The van der Waals surface area contributed by atoms with E-state index >= 15 is 0 Å². The van der Waals surface area contributed by atoms with Crippen LogP contribution < -0.4 is 11.1 Å². The Kier molecular flexibility index (Phi) is 6.25. The molecule has 6 nitrogen and oxygen atoms in total. The molecule has 1 saturated carbocycles. The number of nitrogens with two attached hydrogens (primary N) is 1. The van der Waals surface area contributed by atoms with Crippen molar-refractivity contribution in [2.75, 3.05) is 19.6 Å². The fraction of sp³-hybridized carbons (Fsp3) is 0.562. The summed E-state index contributed by atoms with van der Waals surface area (Å²) in [5, 5.41) is 2.81. The van der Waals surface area contributed by atoms with Gasteiger partial charge in [-0.25, -0.2) is 8.42 Å². The lowest BCUT2D eigenvalue weighted by atomic mass is 10.2. The molecular formula is C16H24ClN3O3S. The summed E-state index contributed by atoms with van der Waals surface area (Å²) in [5.74, 6) is 0.314. The van der Waals surface area contributed by atoms with Gasteiger partial charge in [0.1, 0.15) is 0 Å². The van der Waals surface area contributed by atoms with E-state index in [9.17, 15) is 13.2 Å². The van der Waals surface area contributed by atoms with Crippen LogP contribution in [0.5, 0.6) is 0 Å². The van der Waals surface area contributed by atoms with Gasteiger partial charge in [-0.3, -0.25) is 4.79 Å². The van der Waals surface area contributed by atoms with E-state index < -0.39 is 10.0 Å². The number of benzene rings is 1. The Morgan fingerprint density at radius 1 is 1.21 bits per heavy atom. The Morgan fingerprint density at radius 3 is 2.33 bits per heavy atom. The number of hydrogen-bond donors (Lipinski definition) is 2. The molecule has 1 aromatic carbocycles. The van der Waals surface area contributed by atoms with Gasteiger partial charge in [-0.1, -0.05) is 0 Å². The van der Waals surface area contributed by atoms with Crippen LogP contribution in [0, 0.1) is 5.92 Å². The number of carbonyl (C=O) groups excluding carboxylic acids is 1. The molecule has 1 heterocycles. The number of nitrogens with one attached hydrogen (secondary N) is 1. The third-order valence-corrected chi connectivity index (χ3v) is 6.46. The number of carbonyl (C=O) groups is 1. The van der Waals surface area contributed by atoms with Crippen LogP contribution in [0.2, 0.25) is 0 Å². The summed E-state index contributed by atoms with van der Waals surface area (Å²) in [5.41, 5.74) is 6.41. The summed E-state index contributed by atoms with van der Waals surface area (Å²) in [6.45, 7) is 1.60. The maximum absolute atomic E-state index is 12.4. The molecule has 3 N–H and O–H groups in total. The van der Waals surface area contributed by atoms with Crippen molar-refractivity contribution in [2.24, 2.45) is 11.7 Å². The normalized spacial score (nSPS) is 19.5. The summed E-state index contributed by atoms with van der Waals surface area (Å²) in [4.78, 5) is 12.3. The molecule has 134 valence electrons. The first-order chi connectivity index (χ1) is 11.0. The zero-order chi connectivity index (χ0) is 16.4. The van der Waals surface area contributed by atoms with E-state index in [4.69, 9.17) is 5.73 Å². The number of nitrogens with zero attached hydrogens (tertiary/aromatic N) is 1. The minimum Gasteiger partial charge on any atom is -0.350 e. The smallest absolute Gasteiger partial charge is 0.251 e. The second-order valence-corrected chi connectivity index (χ2v) is 8.28. The van der Waals surface area contributed by atoms with Crippen LogP contribution in [-0.2, 0) is 10.0 Å². The molecule has 1 amide bonds. The highest BCUT2D eigenvalue weighted by atomic mass is 35.5. The highest BCUT2D eigenvalue weighted by Crippen LogP contribution is 2.31. The third kappa shape index (κ3) is 4.27. The van der Waals surface area contributed by atoms with Crippen molar-refractivity contribution in [1.29, 1.82) is 0 Å². The highest BCUT2D eigenvalue weighted by molar-refractivity contribution is 7.89. The van der Waals surface area contributed by atoms with Crippen LogP contribution in [0.15, 0.2) is 29.2 Å². The summed E-state index contributed by atoms with van der Waals surface area (Å²) < 4.78 is 26.3. The first-order valence-corrected chi connectivity index (χ1v) is 9.56. The fourth-order valence-electron chi connectivity index (χ4n) is 2.86. The molecule has 1 saturated heterocycles. The second-order valence-electron chi connectivity index (χ2n) is 6.35. The van der Waals surface area contributed by atoms with E-state index in [-0.39, 0.29) is 29.3 Å². The van der Waals surface area contributed by atoms with E-state index in [1.165, 1.54) is 16.4 Å². The Balaban J connectivity index is 0.00000208. The number of sulfonamides is 1. The van der Waals surface area contributed by atoms with Crippen molar-refractivity contribution in [1.82, 2.24) is 9.62 Å². The first-order valence-electron chi connectivity index (χ1n) is 8.12. The SMILES string of the molecule is Cl.NC(CNC(=O)c1ccc(S(=O)(=O)N2CCCC2)cc1)C1CC1. The predicted molar refractivity (Wildman–Crippen MR) is 94.7 cm³/mol. The van der Waals surface area contributed by atoms with E-state index in [0.29, 0.717) is 31.1 Å². The maximum atomic E-state index is 12.4. The van der Waals surface area contributed by atoms with Gasteiger partial charge >= 0.3 is 0 Å². The number of halogens is 1. The van der Waals surface area contributed by atoms with Gasteiger partial charge in [0.05, 0.1) is 4.90 Å². The molecule has 2 fully saturated rings. The van der Waals surface area contributed by atoms with Crippen LogP contribution in [0.4, 0.5) is 0 Å². The van der Waals surface area contributed by atoms with Crippen LogP contribution in [-0.4, -0.2) is 44.3 Å². The van der Waals surface area contributed by atoms with Crippen molar-refractivity contribution in [2.45, 2.75) is 36.6 Å². The van der Waals surface area contributed by atoms with Crippen molar-refractivity contribution in [3.63, 3.8) is 0 Å². The Bertz CT molecular complexity index is 668. The van der Waals surface area contributed by atoms with Gasteiger partial charge in [0, 0.05) is 31.2 Å². The molecule has 1 aliphatic carbocycles. The number of hydrogen-bond acceptors (Lipinski definition) is 4. The van der Waals surface area contributed by atoms with Gasteiger partial charge in [0.25, 0.3) is 5.91 Å². The molecule has 0 aromatic heterocycles. The summed E-state index contributed by atoms with van der Waals surface area (Å²) in [6, 6.07) is 6.13. The molecule has 1 atom stereocenters. The van der Waals surface area contributed by atoms with E-state index in [1.807, 2.05) is 0 Å². The largest absolute Gasteiger partial charge is 0.350 e. The predicted octanol–water partition coefficient (Wildman–Crippen LogP) is 1.36. The number of rotatable bonds is 6. The van der Waals surface area contributed by atoms with Crippen molar-refractivity contribution >= 4 is 28.3 Å². The Hall–Kier alpha value is -1.15. The zero-order valence-corrected chi connectivity index (χ0v) is 15.1. The molecule has 24 heavy (non-hydrogen) atoms. The monoisotopic (exact) mass is 373 g/mol. The topological polar surface area (TPSA) is 92.5 Å². The van der Waals surface area contributed by atoms with Gasteiger partial charge in [-0.15, -0.1) is 12.4 Å². The molecule has 0 radical (unpaired) electrons. The van der Waals surface area contributed by atoms with Gasteiger partial charge in [0.2, 0.25) is 10.0 Å². The minimum absolute atomic E-state index is 0. The summed E-state index contributed by atoms with van der Waals surface area (Å²) in [7, 11) is -3.43. The van der Waals surface area contributed by atoms with Crippen molar-refractivity contribution in [3.8, 4) is 0 Å². The molecule has 1 unspecified atom stereocenters. The molecule has 8 heteroatoms. The van der Waals surface area contributed by atoms with Crippen molar-refractivity contribution < 1.29 is 13.2 Å². The summed E-state index contributed by atoms with van der Waals surface area (Å²) in [6.07, 6.45) is 4.09. The average molecular weight is 374 g/mol. The zero-order valence-electron chi connectivity index (χ0n) is 13.5. The van der Waals surface area contributed by atoms with Gasteiger partial charge in [-0.2, -0.15) is 4.31 Å². The van der Waals surface area contributed by atoms with E-state index in [2.05, 4.69) is 5.32 Å². The van der Waals surface area contributed by atoms with Crippen LogP contribution >= 0.6 is 12.4 Å². The van der Waals surface area contributed by atoms with Crippen LogP contribution in [0.3, 0.4) is 0 Å². The van der Waals surface area contributed by atoms with Gasteiger partial charge < -0.3 is 11.1 Å². The maximum Gasteiger partial charge on any atom is 0.251 e. The Labute approximate surface area is 149 Å². The quantitative estimate of drug-likeness (QED) is 0.787. The lowest BCUT2D eigenvalue weighted by molar-refractivity contribution is 0.0950. The highest BCUT2D eigenvalue weighted by Gasteiger charge is 2.29. The Morgan fingerprint density at radius 2 is 1.79 bits per heavy atom. The standard InChI is InChI=1S/C16H23N3O3S.ClH/c17-15(12-3-4-12)11-18-16(20)13-5-7-14(8-6-13)23(21,22)19-9-1-2-10-19;/h5-8,12,15H,1-4,9-11,17H2,(H,18,20);1H. The van der Waals surface area contributed by atoms with E-state index in [0.717, 1.165) is 25.7 Å². The van der Waals surface area contributed by atoms with Gasteiger partial charge in [0.15, 0.2) is 0 Å². The molecular weight excluding hydrogens is 350 g/mol. The molecule has 1 aromatic rings. The van der Waals surface area contributed by atoms with Crippen molar-refractivity contribution in [3.05, 3.63) is 29.8 Å². The number of amides is 1.